The van der Waals surface area contributed by atoms with Gasteiger partial charge in [0.15, 0.2) is 0 Å². The van der Waals surface area contributed by atoms with Crippen LogP contribution in [0.2, 0.25) is 0 Å². The van der Waals surface area contributed by atoms with E-state index in [1.165, 1.54) is 0 Å². The normalized spacial score (nSPS) is 28.4. The average molecular weight is 114 g/mol. The monoisotopic (exact) mass is 113 g/mol. The minimum atomic E-state index is 0.116. The summed E-state index contributed by atoms with van der Waals surface area (Å²) < 4.78 is 0. The zero-order valence-electron chi connectivity index (χ0n) is 3.84. The van der Waals surface area contributed by atoms with Crippen molar-refractivity contribution in [3.05, 3.63) is 30.7 Å². The van der Waals surface area contributed by atoms with Gasteiger partial charge < -0.3 is 0 Å². The molecule has 0 aliphatic heterocycles. The lowest BCUT2D eigenvalue weighted by molar-refractivity contribution is 1.27. The minimum Gasteiger partial charge on any atom is -0.118 e. The number of alkyl halides is 1. The first-order valence-corrected chi connectivity index (χ1v) is 2.65. The molecule has 1 heteroatoms. The summed E-state index contributed by atoms with van der Waals surface area (Å²) in [5.41, 5.74) is 0. The molecule has 0 spiro atoms. The van der Waals surface area contributed by atoms with Crippen molar-refractivity contribution < 1.29 is 0 Å². The Morgan fingerprint density at radius 1 is 1.14 bits per heavy atom. The topological polar surface area (TPSA) is 0 Å². The van der Waals surface area contributed by atoms with Gasteiger partial charge in [-0.05, 0) is 0 Å². The maximum atomic E-state index is 5.62. The van der Waals surface area contributed by atoms with Crippen LogP contribution in [-0.4, -0.2) is 5.38 Å². The van der Waals surface area contributed by atoms with Crippen LogP contribution in [0.5, 0.6) is 0 Å². The van der Waals surface area contributed by atoms with E-state index in [9.17, 15) is 0 Å². The fourth-order valence-corrected chi connectivity index (χ4v) is 0.637. The van der Waals surface area contributed by atoms with E-state index in [2.05, 4.69) is 0 Å². The van der Waals surface area contributed by atoms with E-state index < -0.39 is 0 Å². The first kappa shape index (κ1) is 4.92. The van der Waals surface area contributed by atoms with Gasteiger partial charge in [-0.15, -0.1) is 11.6 Å². The molecule has 0 amide bonds. The molecule has 1 aliphatic rings. The van der Waals surface area contributed by atoms with Gasteiger partial charge in [0.2, 0.25) is 0 Å². The maximum Gasteiger partial charge on any atom is 0.0588 e. The Balaban J connectivity index is 2.49. The SMILES string of the molecule is ClC1[CH]C=CC=C1. The Morgan fingerprint density at radius 2 is 2.00 bits per heavy atom. The van der Waals surface area contributed by atoms with Crippen LogP contribution >= 0.6 is 11.6 Å². The number of halogens is 1. The number of hydrogen-bond donors (Lipinski definition) is 0. The number of allylic oxidation sites excluding steroid dienone is 4. The summed E-state index contributed by atoms with van der Waals surface area (Å²) in [7, 11) is 0. The van der Waals surface area contributed by atoms with Gasteiger partial charge in [-0.3, -0.25) is 0 Å². The molecule has 0 aromatic carbocycles. The largest absolute Gasteiger partial charge is 0.118 e. The van der Waals surface area contributed by atoms with E-state index in [0.29, 0.717) is 0 Å². The summed E-state index contributed by atoms with van der Waals surface area (Å²) in [6.07, 6.45) is 9.71. The highest BCUT2D eigenvalue weighted by Crippen LogP contribution is 2.07. The standard InChI is InChI=1S/C6H6Cl/c7-6-4-2-1-3-5-6/h1-6H. The average Bonchev–Trinajstić information content (AvgIpc) is 1.69. The number of rotatable bonds is 0. The lowest BCUT2D eigenvalue weighted by Gasteiger charge is -1.99. The van der Waals surface area contributed by atoms with Crippen LogP contribution in [0.1, 0.15) is 0 Å². The van der Waals surface area contributed by atoms with Gasteiger partial charge in [0.05, 0.1) is 5.38 Å². The van der Waals surface area contributed by atoms with Crippen molar-refractivity contribution in [1.82, 2.24) is 0 Å². The van der Waals surface area contributed by atoms with E-state index in [0.717, 1.165) is 0 Å². The second kappa shape index (κ2) is 2.17. The lowest BCUT2D eigenvalue weighted by atomic mass is 10.2. The fourth-order valence-electron chi connectivity index (χ4n) is 0.469. The third-order valence-electron chi connectivity index (χ3n) is 0.812. The molecule has 0 heterocycles. The van der Waals surface area contributed by atoms with Crippen LogP contribution < -0.4 is 0 Å². The molecule has 37 valence electrons. The smallest absolute Gasteiger partial charge is 0.0588 e. The Kier molecular flexibility index (Phi) is 1.53. The molecule has 0 bridgehead atoms. The summed E-state index contributed by atoms with van der Waals surface area (Å²) in [6, 6.07) is 0. The molecule has 0 saturated heterocycles. The Hall–Kier alpha value is -0.230. The van der Waals surface area contributed by atoms with E-state index in [4.69, 9.17) is 11.6 Å². The summed E-state index contributed by atoms with van der Waals surface area (Å²) in [4.78, 5) is 0. The second-order valence-electron chi connectivity index (χ2n) is 1.41. The zero-order valence-corrected chi connectivity index (χ0v) is 4.60. The van der Waals surface area contributed by atoms with Crippen LogP contribution in [0.4, 0.5) is 0 Å². The van der Waals surface area contributed by atoms with Crippen LogP contribution in [0.25, 0.3) is 0 Å². The maximum absolute atomic E-state index is 5.62. The van der Waals surface area contributed by atoms with Gasteiger partial charge in [0, 0.05) is 6.42 Å². The van der Waals surface area contributed by atoms with E-state index >= 15 is 0 Å². The summed E-state index contributed by atoms with van der Waals surface area (Å²) in [5, 5.41) is 0.116. The van der Waals surface area contributed by atoms with E-state index in [-0.39, 0.29) is 5.38 Å². The molecule has 0 aromatic rings. The first-order chi connectivity index (χ1) is 3.39. The van der Waals surface area contributed by atoms with Crippen LogP contribution in [-0.2, 0) is 0 Å². The fraction of sp³-hybridized carbons (Fsp3) is 0.167. The molecule has 1 atom stereocenters. The Labute approximate surface area is 48.5 Å². The molecule has 1 rings (SSSR count). The lowest BCUT2D eigenvalue weighted by Crippen LogP contribution is -1.92. The van der Waals surface area contributed by atoms with Gasteiger partial charge >= 0.3 is 0 Å². The molecule has 1 unspecified atom stereocenters. The predicted molar refractivity (Wildman–Crippen MR) is 32.2 cm³/mol. The van der Waals surface area contributed by atoms with Crippen LogP contribution in [0, 0.1) is 6.42 Å². The van der Waals surface area contributed by atoms with Crippen molar-refractivity contribution in [3.63, 3.8) is 0 Å². The molecule has 0 saturated carbocycles. The third kappa shape index (κ3) is 1.36. The third-order valence-corrected chi connectivity index (χ3v) is 1.10. The van der Waals surface area contributed by atoms with Gasteiger partial charge in [0.25, 0.3) is 0 Å². The Bertz CT molecular complexity index is 103. The van der Waals surface area contributed by atoms with Gasteiger partial charge in [-0.2, -0.15) is 0 Å². The predicted octanol–water partition coefficient (Wildman–Crippen LogP) is 1.92. The Morgan fingerprint density at radius 3 is 2.29 bits per heavy atom. The summed E-state index contributed by atoms with van der Waals surface area (Å²) in [5.74, 6) is 0. The molecule has 0 N–H and O–H groups in total. The molecule has 0 nitrogen and oxygen atoms in total. The van der Waals surface area contributed by atoms with Crippen LogP contribution in [0.15, 0.2) is 24.3 Å². The molecule has 0 fully saturated rings. The van der Waals surface area contributed by atoms with Crippen molar-refractivity contribution >= 4 is 11.6 Å². The van der Waals surface area contributed by atoms with E-state index in [1.54, 1.807) is 0 Å². The zero-order chi connectivity index (χ0) is 5.11. The van der Waals surface area contributed by atoms with Crippen LogP contribution in [0.3, 0.4) is 0 Å². The quantitative estimate of drug-likeness (QED) is 0.421. The molecular formula is C6H6Cl. The molecule has 7 heavy (non-hydrogen) atoms. The highest BCUT2D eigenvalue weighted by Gasteiger charge is 1.96. The minimum absolute atomic E-state index is 0.116. The van der Waals surface area contributed by atoms with Crippen molar-refractivity contribution in [2.24, 2.45) is 0 Å². The second-order valence-corrected chi connectivity index (χ2v) is 1.91. The van der Waals surface area contributed by atoms with Gasteiger partial charge in [-0.1, -0.05) is 24.3 Å². The first-order valence-electron chi connectivity index (χ1n) is 2.22. The van der Waals surface area contributed by atoms with E-state index in [1.807, 2.05) is 30.7 Å². The van der Waals surface area contributed by atoms with Crippen molar-refractivity contribution in [3.8, 4) is 0 Å². The van der Waals surface area contributed by atoms with Crippen molar-refractivity contribution in [2.75, 3.05) is 0 Å². The number of hydrogen-bond acceptors (Lipinski definition) is 0. The molecule has 1 radical (unpaired) electrons. The molecule has 1 aliphatic carbocycles. The highest BCUT2D eigenvalue weighted by molar-refractivity contribution is 6.23. The summed E-state index contributed by atoms with van der Waals surface area (Å²) in [6.45, 7) is 0. The molecule has 0 aromatic heterocycles. The van der Waals surface area contributed by atoms with Crippen molar-refractivity contribution in [2.45, 2.75) is 5.38 Å². The highest BCUT2D eigenvalue weighted by atomic mass is 35.5. The van der Waals surface area contributed by atoms with Gasteiger partial charge in [0.1, 0.15) is 0 Å². The summed E-state index contributed by atoms with van der Waals surface area (Å²) >= 11 is 5.62. The van der Waals surface area contributed by atoms with Crippen molar-refractivity contribution in [1.29, 1.82) is 0 Å². The van der Waals surface area contributed by atoms with Gasteiger partial charge in [-0.25, -0.2) is 0 Å². The molecular weight excluding hydrogens is 108 g/mol.